The topological polar surface area (TPSA) is 71.2 Å². The first-order chi connectivity index (χ1) is 8.92. The summed E-state index contributed by atoms with van der Waals surface area (Å²) in [5, 5.41) is 3.75. The summed E-state index contributed by atoms with van der Waals surface area (Å²) in [4.78, 5) is 14.4. The van der Waals surface area contributed by atoms with Crippen LogP contribution in [0.3, 0.4) is 0 Å². The predicted molar refractivity (Wildman–Crippen MR) is 81.9 cm³/mol. The summed E-state index contributed by atoms with van der Waals surface area (Å²) < 4.78 is 4.15. The maximum atomic E-state index is 12.2. The van der Waals surface area contributed by atoms with Crippen molar-refractivity contribution in [3.05, 3.63) is 5.56 Å². The van der Waals surface area contributed by atoms with Crippen LogP contribution < -0.4 is 16.0 Å². The molecule has 6 heteroatoms. The van der Waals surface area contributed by atoms with Crippen LogP contribution in [0.25, 0.3) is 0 Å². The molecule has 1 aromatic heterocycles. The minimum Gasteiger partial charge on any atom is -0.382 e. The molecule has 0 aliphatic heterocycles. The summed E-state index contributed by atoms with van der Waals surface area (Å²) in [6.07, 6.45) is 1.01. The fourth-order valence-electron chi connectivity index (χ4n) is 1.91. The van der Waals surface area contributed by atoms with E-state index in [0.717, 1.165) is 18.0 Å². The van der Waals surface area contributed by atoms with Gasteiger partial charge in [-0.25, -0.2) is 0 Å². The van der Waals surface area contributed by atoms with Gasteiger partial charge in [0.15, 0.2) is 5.82 Å². The van der Waals surface area contributed by atoms with Crippen molar-refractivity contribution in [1.29, 1.82) is 0 Å². The fourth-order valence-corrected chi connectivity index (χ4v) is 2.89. The standard InChI is InChI=1S/C13H24N4OS/c1-6-9(5)17(7-2)13-10(11(14)16-19-13)12(18)15-8(3)4/h8-9H,6-7H2,1-5H3,(H2,14,16)(H,15,18). The lowest BCUT2D eigenvalue weighted by atomic mass is 10.2. The maximum Gasteiger partial charge on any atom is 0.258 e. The zero-order valence-electron chi connectivity index (χ0n) is 12.4. The van der Waals surface area contributed by atoms with Gasteiger partial charge in [0.1, 0.15) is 10.6 Å². The Morgan fingerprint density at radius 1 is 1.42 bits per heavy atom. The highest BCUT2D eigenvalue weighted by Gasteiger charge is 2.25. The summed E-state index contributed by atoms with van der Waals surface area (Å²) in [5.41, 5.74) is 6.38. The summed E-state index contributed by atoms with van der Waals surface area (Å²) >= 11 is 1.30. The number of amides is 1. The second-order valence-electron chi connectivity index (χ2n) is 4.92. The van der Waals surface area contributed by atoms with Gasteiger partial charge < -0.3 is 16.0 Å². The molecule has 19 heavy (non-hydrogen) atoms. The van der Waals surface area contributed by atoms with Crippen molar-refractivity contribution in [2.75, 3.05) is 17.2 Å². The van der Waals surface area contributed by atoms with Crippen LogP contribution in [-0.2, 0) is 0 Å². The van der Waals surface area contributed by atoms with Crippen LogP contribution in [0, 0.1) is 0 Å². The van der Waals surface area contributed by atoms with Crippen molar-refractivity contribution >= 4 is 28.3 Å². The molecule has 1 heterocycles. The van der Waals surface area contributed by atoms with Gasteiger partial charge >= 0.3 is 0 Å². The first-order valence-corrected chi connectivity index (χ1v) is 7.52. The Morgan fingerprint density at radius 3 is 2.53 bits per heavy atom. The lowest BCUT2D eigenvalue weighted by molar-refractivity contribution is 0.0944. The van der Waals surface area contributed by atoms with E-state index in [9.17, 15) is 4.79 Å². The Balaban J connectivity index is 3.12. The van der Waals surface area contributed by atoms with Crippen molar-refractivity contribution in [3.63, 3.8) is 0 Å². The van der Waals surface area contributed by atoms with Crippen LogP contribution in [0.4, 0.5) is 10.8 Å². The minimum absolute atomic E-state index is 0.0818. The number of nitrogen functional groups attached to an aromatic ring is 1. The normalized spacial score (nSPS) is 12.5. The summed E-state index contributed by atoms with van der Waals surface area (Å²) in [6, 6.07) is 0.439. The van der Waals surface area contributed by atoms with Gasteiger partial charge in [-0.3, -0.25) is 4.79 Å². The van der Waals surface area contributed by atoms with E-state index < -0.39 is 0 Å². The van der Waals surface area contributed by atoms with Crippen LogP contribution in [0.1, 0.15) is 51.4 Å². The summed E-state index contributed by atoms with van der Waals surface area (Å²) in [5.74, 6) is 0.179. The molecule has 0 aromatic carbocycles. The van der Waals surface area contributed by atoms with Crippen molar-refractivity contribution in [3.8, 4) is 0 Å². The number of hydrogen-bond donors (Lipinski definition) is 2. The van der Waals surface area contributed by atoms with Crippen molar-refractivity contribution < 1.29 is 4.79 Å². The van der Waals surface area contributed by atoms with Crippen LogP contribution in [-0.4, -0.2) is 28.9 Å². The average Bonchev–Trinajstić information content (AvgIpc) is 2.71. The smallest absolute Gasteiger partial charge is 0.258 e. The molecule has 0 saturated heterocycles. The third-order valence-electron chi connectivity index (χ3n) is 3.07. The van der Waals surface area contributed by atoms with E-state index in [1.807, 2.05) is 13.8 Å². The lowest BCUT2D eigenvalue weighted by Crippen LogP contribution is -2.35. The van der Waals surface area contributed by atoms with Crippen LogP contribution in [0.2, 0.25) is 0 Å². The quantitative estimate of drug-likeness (QED) is 0.842. The Kier molecular flexibility index (Phi) is 5.60. The molecule has 1 unspecified atom stereocenters. The first kappa shape index (κ1) is 15.8. The second-order valence-corrected chi connectivity index (χ2v) is 5.67. The molecule has 108 valence electrons. The van der Waals surface area contributed by atoms with E-state index in [1.54, 1.807) is 0 Å². The zero-order chi connectivity index (χ0) is 14.6. The molecule has 0 radical (unpaired) electrons. The van der Waals surface area contributed by atoms with Gasteiger partial charge in [-0.1, -0.05) is 6.92 Å². The van der Waals surface area contributed by atoms with Gasteiger partial charge in [-0.05, 0) is 45.6 Å². The Morgan fingerprint density at radius 2 is 2.05 bits per heavy atom. The Labute approximate surface area is 119 Å². The van der Waals surface area contributed by atoms with E-state index in [4.69, 9.17) is 5.73 Å². The molecule has 0 aliphatic rings. The van der Waals surface area contributed by atoms with Gasteiger partial charge in [-0.15, -0.1) is 0 Å². The number of aromatic nitrogens is 1. The van der Waals surface area contributed by atoms with Gasteiger partial charge in [0.2, 0.25) is 0 Å². The summed E-state index contributed by atoms with van der Waals surface area (Å²) in [6.45, 7) is 11.0. The molecule has 0 saturated carbocycles. The van der Waals surface area contributed by atoms with Crippen molar-refractivity contribution in [2.24, 2.45) is 0 Å². The molecule has 1 amide bonds. The molecular formula is C13H24N4OS. The highest BCUT2D eigenvalue weighted by molar-refractivity contribution is 7.11. The molecule has 0 spiro atoms. The van der Waals surface area contributed by atoms with E-state index in [2.05, 4.69) is 35.4 Å². The number of nitrogens with two attached hydrogens (primary N) is 1. The largest absolute Gasteiger partial charge is 0.382 e. The van der Waals surface area contributed by atoms with Gasteiger partial charge in [0.05, 0.1) is 0 Å². The minimum atomic E-state index is -0.141. The van der Waals surface area contributed by atoms with Crippen LogP contribution in [0.15, 0.2) is 0 Å². The number of carbonyl (C=O) groups excluding carboxylic acids is 1. The monoisotopic (exact) mass is 284 g/mol. The highest BCUT2D eigenvalue weighted by atomic mass is 32.1. The van der Waals surface area contributed by atoms with E-state index >= 15 is 0 Å². The first-order valence-electron chi connectivity index (χ1n) is 6.74. The number of hydrogen-bond acceptors (Lipinski definition) is 5. The Bertz CT molecular complexity index is 430. The average molecular weight is 284 g/mol. The predicted octanol–water partition coefficient (Wildman–Crippen LogP) is 2.49. The van der Waals surface area contributed by atoms with Crippen molar-refractivity contribution in [1.82, 2.24) is 9.69 Å². The number of nitrogens with zero attached hydrogens (tertiary/aromatic N) is 2. The van der Waals surface area contributed by atoms with E-state index in [-0.39, 0.29) is 11.9 Å². The zero-order valence-corrected chi connectivity index (χ0v) is 13.2. The lowest BCUT2D eigenvalue weighted by Gasteiger charge is -2.28. The Hall–Kier alpha value is -1.30. The van der Waals surface area contributed by atoms with Gasteiger partial charge in [0.25, 0.3) is 5.91 Å². The molecule has 5 nitrogen and oxygen atoms in total. The number of anilines is 2. The maximum absolute atomic E-state index is 12.2. The highest BCUT2D eigenvalue weighted by Crippen LogP contribution is 2.32. The second kappa shape index (κ2) is 6.75. The molecule has 0 fully saturated rings. The van der Waals surface area contributed by atoms with Crippen molar-refractivity contribution in [2.45, 2.75) is 53.1 Å². The van der Waals surface area contributed by atoms with Crippen LogP contribution in [0.5, 0.6) is 0 Å². The van der Waals surface area contributed by atoms with Crippen LogP contribution >= 0.6 is 11.5 Å². The molecule has 1 rings (SSSR count). The number of rotatable bonds is 6. The molecule has 1 atom stereocenters. The van der Waals surface area contributed by atoms with E-state index in [1.165, 1.54) is 11.5 Å². The number of carbonyl (C=O) groups is 1. The molecule has 0 aliphatic carbocycles. The van der Waals surface area contributed by atoms with E-state index in [0.29, 0.717) is 17.4 Å². The molecular weight excluding hydrogens is 260 g/mol. The van der Waals surface area contributed by atoms with Gasteiger partial charge in [-0.2, -0.15) is 4.37 Å². The molecule has 1 aromatic rings. The number of nitrogens with one attached hydrogen (secondary N) is 1. The third-order valence-corrected chi connectivity index (χ3v) is 3.97. The molecule has 3 N–H and O–H groups in total. The SMILES string of the molecule is CCC(C)N(CC)c1snc(N)c1C(=O)NC(C)C. The third kappa shape index (κ3) is 3.59. The van der Waals surface area contributed by atoms with Gasteiger partial charge in [0, 0.05) is 18.6 Å². The molecule has 0 bridgehead atoms. The summed E-state index contributed by atoms with van der Waals surface area (Å²) in [7, 11) is 0. The fraction of sp³-hybridized carbons (Fsp3) is 0.692.